The standard InChI is InChI=1S/C17H21N7O/c1-13-10-15(17-21-20-12-24(17)22-13)19-11-16(14-4-2-3-5-18-14)23-6-8-25-9-7-23/h2-5,10,12,16,19H,6-9,11H2,1H3. The molecule has 1 saturated heterocycles. The Morgan fingerprint density at radius 2 is 2.16 bits per heavy atom. The number of rotatable bonds is 5. The van der Waals surface area contributed by atoms with Crippen molar-refractivity contribution in [3.05, 3.63) is 48.2 Å². The Hall–Kier alpha value is -2.58. The number of nitrogens with one attached hydrogen (secondary N) is 1. The van der Waals surface area contributed by atoms with Gasteiger partial charge in [-0.2, -0.15) is 9.61 Å². The number of hydrogen-bond acceptors (Lipinski definition) is 7. The summed E-state index contributed by atoms with van der Waals surface area (Å²) >= 11 is 0. The number of anilines is 1. The van der Waals surface area contributed by atoms with E-state index in [1.54, 1.807) is 10.8 Å². The first-order valence-corrected chi connectivity index (χ1v) is 8.45. The molecular formula is C17H21N7O. The van der Waals surface area contributed by atoms with Crippen molar-refractivity contribution in [1.29, 1.82) is 0 Å². The first-order valence-electron chi connectivity index (χ1n) is 8.45. The van der Waals surface area contributed by atoms with Crippen molar-refractivity contribution in [2.75, 3.05) is 38.2 Å². The fraction of sp³-hybridized carbons (Fsp3) is 0.412. The lowest BCUT2D eigenvalue weighted by molar-refractivity contribution is 0.0179. The van der Waals surface area contributed by atoms with Crippen LogP contribution >= 0.6 is 0 Å². The van der Waals surface area contributed by atoms with Crippen LogP contribution < -0.4 is 5.32 Å². The maximum Gasteiger partial charge on any atom is 0.200 e. The summed E-state index contributed by atoms with van der Waals surface area (Å²) in [6, 6.07) is 8.22. The lowest BCUT2D eigenvalue weighted by Crippen LogP contribution is -2.41. The van der Waals surface area contributed by atoms with E-state index in [9.17, 15) is 0 Å². The molecule has 0 bridgehead atoms. The highest BCUT2D eigenvalue weighted by Gasteiger charge is 2.23. The number of aryl methyl sites for hydroxylation is 1. The van der Waals surface area contributed by atoms with Gasteiger partial charge in [-0.05, 0) is 25.1 Å². The average molecular weight is 339 g/mol. The van der Waals surface area contributed by atoms with Crippen molar-refractivity contribution in [2.45, 2.75) is 13.0 Å². The van der Waals surface area contributed by atoms with Gasteiger partial charge in [-0.1, -0.05) is 6.07 Å². The largest absolute Gasteiger partial charge is 0.380 e. The van der Waals surface area contributed by atoms with Crippen molar-refractivity contribution in [3.63, 3.8) is 0 Å². The number of aromatic nitrogens is 5. The second-order valence-corrected chi connectivity index (χ2v) is 6.10. The molecule has 4 rings (SSSR count). The van der Waals surface area contributed by atoms with E-state index in [1.165, 1.54) is 0 Å². The molecule has 0 saturated carbocycles. The van der Waals surface area contributed by atoms with Gasteiger partial charge in [0.2, 0.25) is 5.65 Å². The van der Waals surface area contributed by atoms with Crippen LogP contribution in [0.4, 0.5) is 5.69 Å². The Bertz CT molecular complexity index is 829. The highest BCUT2D eigenvalue weighted by molar-refractivity contribution is 5.66. The van der Waals surface area contributed by atoms with E-state index in [-0.39, 0.29) is 6.04 Å². The summed E-state index contributed by atoms with van der Waals surface area (Å²) in [5.41, 5.74) is 3.63. The predicted octanol–water partition coefficient (Wildman–Crippen LogP) is 1.31. The summed E-state index contributed by atoms with van der Waals surface area (Å²) in [6.45, 7) is 6.00. The molecule has 0 amide bonds. The zero-order valence-electron chi connectivity index (χ0n) is 14.2. The first kappa shape index (κ1) is 15.9. The average Bonchev–Trinajstić information content (AvgIpc) is 3.12. The number of pyridine rings is 1. The monoisotopic (exact) mass is 339 g/mol. The van der Waals surface area contributed by atoms with Crippen LogP contribution in [0, 0.1) is 6.92 Å². The highest BCUT2D eigenvalue weighted by atomic mass is 16.5. The Balaban J connectivity index is 1.59. The number of hydrogen-bond donors (Lipinski definition) is 1. The van der Waals surface area contributed by atoms with Crippen molar-refractivity contribution >= 4 is 11.3 Å². The number of nitrogens with zero attached hydrogens (tertiary/aromatic N) is 6. The van der Waals surface area contributed by atoms with Crippen LogP contribution in [0.3, 0.4) is 0 Å². The van der Waals surface area contributed by atoms with Gasteiger partial charge in [0.25, 0.3) is 0 Å². The lowest BCUT2D eigenvalue weighted by atomic mass is 10.1. The van der Waals surface area contributed by atoms with Gasteiger partial charge < -0.3 is 10.1 Å². The Labute approximate surface area is 145 Å². The molecule has 0 radical (unpaired) electrons. The normalized spacial score (nSPS) is 16.8. The lowest BCUT2D eigenvalue weighted by Gasteiger charge is -2.34. The van der Waals surface area contributed by atoms with Crippen LogP contribution in [0.25, 0.3) is 5.65 Å². The van der Waals surface area contributed by atoms with Gasteiger partial charge in [-0.25, -0.2) is 0 Å². The van der Waals surface area contributed by atoms with E-state index in [1.807, 2.05) is 31.3 Å². The van der Waals surface area contributed by atoms with E-state index in [0.29, 0.717) is 0 Å². The number of morpholine rings is 1. The summed E-state index contributed by atoms with van der Waals surface area (Å²) in [4.78, 5) is 6.98. The fourth-order valence-corrected chi connectivity index (χ4v) is 3.17. The molecule has 1 unspecified atom stereocenters. The van der Waals surface area contributed by atoms with Crippen LogP contribution in [0.2, 0.25) is 0 Å². The summed E-state index contributed by atoms with van der Waals surface area (Å²) in [6.07, 6.45) is 3.46. The van der Waals surface area contributed by atoms with E-state index < -0.39 is 0 Å². The van der Waals surface area contributed by atoms with Crippen LogP contribution in [-0.4, -0.2) is 62.5 Å². The maximum absolute atomic E-state index is 5.50. The van der Waals surface area contributed by atoms with E-state index in [4.69, 9.17) is 4.74 Å². The Morgan fingerprint density at radius 1 is 1.28 bits per heavy atom. The molecule has 3 aromatic rings. The van der Waals surface area contributed by atoms with Crippen molar-refractivity contribution in [3.8, 4) is 0 Å². The molecule has 0 aliphatic carbocycles. The van der Waals surface area contributed by atoms with Crippen molar-refractivity contribution in [2.24, 2.45) is 0 Å². The van der Waals surface area contributed by atoms with E-state index >= 15 is 0 Å². The molecule has 0 spiro atoms. The smallest absolute Gasteiger partial charge is 0.200 e. The summed E-state index contributed by atoms with van der Waals surface area (Å²) in [7, 11) is 0. The van der Waals surface area contributed by atoms with Crippen LogP contribution in [0.15, 0.2) is 36.8 Å². The van der Waals surface area contributed by atoms with Crippen LogP contribution in [-0.2, 0) is 4.74 Å². The minimum Gasteiger partial charge on any atom is -0.380 e. The number of ether oxygens (including phenoxy) is 1. The minimum absolute atomic E-state index is 0.168. The Morgan fingerprint density at radius 3 is 2.96 bits per heavy atom. The fourth-order valence-electron chi connectivity index (χ4n) is 3.17. The number of fused-ring (bicyclic) bond motifs is 1. The van der Waals surface area contributed by atoms with Gasteiger partial charge in [0.1, 0.15) is 6.33 Å². The molecule has 0 aromatic carbocycles. The second-order valence-electron chi connectivity index (χ2n) is 6.10. The third-order valence-electron chi connectivity index (χ3n) is 4.39. The SMILES string of the molecule is Cc1cc(NCC(c2ccccn2)N2CCOCC2)c2nncn2n1. The second kappa shape index (κ2) is 7.12. The van der Waals surface area contributed by atoms with Crippen molar-refractivity contribution < 1.29 is 4.74 Å². The van der Waals surface area contributed by atoms with Gasteiger partial charge in [-0.3, -0.25) is 9.88 Å². The first-order chi connectivity index (χ1) is 12.3. The third-order valence-corrected chi connectivity index (χ3v) is 4.39. The van der Waals surface area contributed by atoms with Gasteiger partial charge in [0, 0.05) is 25.8 Å². The topological polar surface area (TPSA) is 80.5 Å². The quantitative estimate of drug-likeness (QED) is 0.751. The van der Waals surface area contributed by atoms with E-state index in [2.05, 4.69) is 36.6 Å². The van der Waals surface area contributed by atoms with Gasteiger partial charge in [0.05, 0.1) is 36.3 Å². The van der Waals surface area contributed by atoms with Gasteiger partial charge in [0.15, 0.2) is 0 Å². The Kier molecular flexibility index (Phi) is 4.53. The summed E-state index contributed by atoms with van der Waals surface area (Å²) in [5.74, 6) is 0. The van der Waals surface area contributed by atoms with E-state index in [0.717, 1.165) is 55.6 Å². The molecule has 1 fully saturated rings. The molecule has 3 aromatic heterocycles. The zero-order valence-corrected chi connectivity index (χ0v) is 14.2. The molecule has 1 N–H and O–H groups in total. The molecule has 8 nitrogen and oxygen atoms in total. The molecule has 1 aliphatic rings. The van der Waals surface area contributed by atoms with Gasteiger partial charge in [-0.15, -0.1) is 10.2 Å². The zero-order chi connectivity index (χ0) is 17.1. The summed E-state index contributed by atoms with van der Waals surface area (Å²) < 4.78 is 7.20. The molecule has 130 valence electrons. The van der Waals surface area contributed by atoms with Crippen molar-refractivity contribution in [1.82, 2.24) is 29.7 Å². The van der Waals surface area contributed by atoms with Crippen LogP contribution in [0.5, 0.6) is 0 Å². The molecule has 8 heteroatoms. The highest BCUT2D eigenvalue weighted by Crippen LogP contribution is 2.22. The maximum atomic E-state index is 5.50. The van der Waals surface area contributed by atoms with Crippen LogP contribution in [0.1, 0.15) is 17.4 Å². The molecule has 1 aliphatic heterocycles. The van der Waals surface area contributed by atoms with Gasteiger partial charge >= 0.3 is 0 Å². The molecule has 25 heavy (non-hydrogen) atoms. The molecule has 1 atom stereocenters. The predicted molar refractivity (Wildman–Crippen MR) is 93.4 cm³/mol. The summed E-state index contributed by atoms with van der Waals surface area (Å²) in [5, 5.41) is 16.0. The minimum atomic E-state index is 0.168. The molecular weight excluding hydrogens is 318 g/mol. The third kappa shape index (κ3) is 3.45. The molecule has 4 heterocycles.